The van der Waals surface area contributed by atoms with E-state index in [0.717, 1.165) is 63.2 Å². The molecule has 34 heavy (non-hydrogen) atoms. The molecule has 1 aliphatic carbocycles. The zero-order valence-electron chi connectivity index (χ0n) is 20.0. The number of carbonyl (C=O) groups is 2. The molecule has 3 fully saturated rings. The van der Waals surface area contributed by atoms with Crippen molar-refractivity contribution in [1.82, 2.24) is 20.1 Å². The fourth-order valence-electron chi connectivity index (χ4n) is 5.89. The zero-order valence-corrected chi connectivity index (χ0v) is 20.0. The van der Waals surface area contributed by atoms with E-state index in [1.807, 2.05) is 53.6 Å². The Balaban J connectivity index is 1.31. The van der Waals surface area contributed by atoms with Gasteiger partial charge in [-0.05, 0) is 50.4 Å². The fourth-order valence-corrected chi connectivity index (χ4v) is 5.89. The van der Waals surface area contributed by atoms with Crippen molar-refractivity contribution in [3.63, 3.8) is 0 Å². The van der Waals surface area contributed by atoms with Crippen molar-refractivity contribution in [3.05, 3.63) is 59.8 Å². The Kier molecular flexibility index (Phi) is 6.81. The lowest BCUT2D eigenvalue weighted by atomic mass is 9.84. The van der Waals surface area contributed by atoms with Gasteiger partial charge in [-0.15, -0.1) is 0 Å². The summed E-state index contributed by atoms with van der Waals surface area (Å²) >= 11 is 0. The molecule has 1 aromatic heterocycles. The molecule has 3 aliphatic rings. The minimum Gasteiger partial charge on any atom is -0.354 e. The van der Waals surface area contributed by atoms with Crippen molar-refractivity contribution in [3.8, 4) is 0 Å². The van der Waals surface area contributed by atoms with Crippen LogP contribution in [0.4, 0.5) is 5.82 Å². The molecule has 1 aromatic carbocycles. The molecule has 2 amide bonds. The van der Waals surface area contributed by atoms with Crippen LogP contribution in [-0.2, 0) is 11.3 Å². The number of nitrogens with one attached hydrogen (secondary N) is 1. The van der Waals surface area contributed by atoms with E-state index in [2.05, 4.69) is 27.1 Å². The van der Waals surface area contributed by atoms with E-state index in [-0.39, 0.29) is 17.9 Å². The number of anilines is 1. The van der Waals surface area contributed by atoms with Crippen LogP contribution >= 0.6 is 0 Å². The van der Waals surface area contributed by atoms with Crippen LogP contribution in [-0.4, -0.2) is 71.9 Å². The summed E-state index contributed by atoms with van der Waals surface area (Å²) < 4.78 is 0. The van der Waals surface area contributed by atoms with Gasteiger partial charge >= 0.3 is 0 Å². The molecular formula is C27H35N5O2. The van der Waals surface area contributed by atoms with Crippen molar-refractivity contribution in [2.24, 2.45) is 5.92 Å². The minimum atomic E-state index is -0.412. The Bertz CT molecular complexity index is 1010. The number of rotatable bonds is 5. The Morgan fingerprint density at radius 2 is 1.76 bits per heavy atom. The first-order valence-corrected chi connectivity index (χ1v) is 12.6. The van der Waals surface area contributed by atoms with Gasteiger partial charge in [-0.25, -0.2) is 4.98 Å². The van der Waals surface area contributed by atoms with Gasteiger partial charge in [-0.2, -0.15) is 0 Å². The zero-order chi connectivity index (χ0) is 23.5. The summed E-state index contributed by atoms with van der Waals surface area (Å²) in [5.74, 6) is 1.30. The number of amides is 2. The summed E-state index contributed by atoms with van der Waals surface area (Å²) in [6, 6.07) is 13.1. The van der Waals surface area contributed by atoms with Crippen LogP contribution in [0.2, 0.25) is 0 Å². The molecule has 0 bridgehead atoms. The van der Waals surface area contributed by atoms with E-state index >= 15 is 0 Å². The summed E-state index contributed by atoms with van der Waals surface area (Å²) in [4.78, 5) is 38.2. The highest BCUT2D eigenvalue weighted by Gasteiger charge is 2.47. The third-order valence-corrected chi connectivity index (χ3v) is 7.77. The molecule has 2 saturated heterocycles. The van der Waals surface area contributed by atoms with Gasteiger partial charge in [-0.3, -0.25) is 9.59 Å². The van der Waals surface area contributed by atoms with Gasteiger partial charge in [0.05, 0.1) is 0 Å². The number of pyridine rings is 1. The topological polar surface area (TPSA) is 68.8 Å². The van der Waals surface area contributed by atoms with Gasteiger partial charge in [0.1, 0.15) is 11.9 Å². The number of fused-ring (bicyclic) bond motifs is 1. The summed E-state index contributed by atoms with van der Waals surface area (Å²) in [7, 11) is 2.14. The quantitative estimate of drug-likeness (QED) is 0.742. The van der Waals surface area contributed by atoms with Crippen LogP contribution in [0.25, 0.3) is 0 Å². The van der Waals surface area contributed by atoms with E-state index in [9.17, 15) is 9.59 Å². The van der Waals surface area contributed by atoms with E-state index in [4.69, 9.17) is 0 Å². The number of benzene rings is 1. The molecule has 2 aliphatic heterocycles. The predicted molar refractivity (Wildman–Crippen MR) is 133 cm³/mol. The smallest absolute Gasteiger partial charge is 0.254 e. The highest BCUT2D eigenvalue weighted by molar-refractivity contribution is 5.98. The van der Waals surface area contributed by atoms with Crippen LogP contribution in [0.5, 0.6) is 0 Å². The second-order valence-electron chi connectivity index (χ2n) is 9.94. The number of piperazine rings is 1. The van der Waals surface area contributed by atoms with Gasteiger partial charge in [0.15, 0.2) is 0 Å². The van der Waals surface area contributed by atoms with Gasteiger partial charge in [0.25, 0.3) is 5.91 Å². The lowest BCUT2D eigenvalue weighted by Crippen LogP contribution is -2.49. The molecule has 7 heteroatoms. The predicted octanol–water partition coefficient (Wildman–Crippen LogP) is 2.92. The van der Waals surface area contributed by atoms with Crippen LogP contribution in [0.15, 0.2) is 48.7 Å². The van der Waals surface area contributed by atoms with Crippen molar-refractivity contribution in [1.29, 1.82) is 0 Å². The summed E-state index contributed by atoms with van der Waals surface area (Å²) in [5, 5.41) is 3.17. The maximum Gasteiger partial charge on any atom is 0.254 e. The maximum atomic E-state index is 13.5. The number of hydrogen-bond donors (Lipinski definition) is 1. The Labute approximate surface area is 202 Å². The summed E-state index contributed by atoms with van der Waals surface area (Å²) in [6.07, 6.45) is 6.98. The number of nitrogens with zero attached hydrogens (tertiary/aromatic N) is 4. The van der Waals surface area contributed by atoms with Crippen LogP contribution in [0.3, 0.4) is 0 Å². The Hall–Kier alpha value is -2.93. The fraction of sp³-hybridized carbons (Fsp3) is 0.519. The van der Waals surface area contributed by atoms with Crippen LogP contribution in [0.1, 0.15) is 48.0 Å². The van der Waals surface area contributed by atoms with Gasteiger partial charge < -0.3 is 20.0 Å². The standard InChI is InChI=1S/C27H35N5O2/c1-30-14-16-31(17-15-30)25-22(11-7-13-28-25)19-29-26(33)24-18-21-10-5-6-12-23(21)32(24)27(34)20-8-3-2-4-9-20/h2-4,7-9,11,13,21,23-24H,5-6,10,12,14-19H2,1H3,(H,29,33). The molecule has 3 unspecified atom stereocenters. The number of carbonyl (C=O) groups excluding carboxylic acids is 2. The molecule has 3 atom stereocenters. The Morgan fingerprint density at radius 1 is 1.00 bits per heavy atom. The number of likely N-dealkylation sites (N-methyl/N-ethyl adjacent to an activating group) is 1. The van der Waals surface area contributed by atoms with Crippen molar-refractivity contribution in [2.75, 3.05) is 38.1 Å². The van der Waals surface area contributed by atoms with E-state index < -0.39 is 6.04 Å². The second-order valence-corrected chi connectivity index (χ2v) is 9.94. The van der Waals surface area contributed by atoms with Crippen molar-refractivity contribution < 1.29 is 9.59 Å². The molecule has 1 saturated carbocycles. The first kappa shape index (κ1) is 22.8. The molecule has 7 nitrogen and oxygen atoms in total. The largest absolute Gasteiger partial charge is 0.354 e. The Morgan fingerprint density at radius 3 is 2.56 bits per heavy atom. The maximum absolute atomic E-state index is 13.5. The monoisotopic (exact) mass is 461 g/mol. The van der Waals surface area contributed by atoms with E-state index in [1.165, 1.54) is 6.42 Å². The highest BCUT2D eigenvalue weighted by atomic mass is 16.2. The van der Waals surface area contributed by atoms with Gasteiger partial charge in [-0.1, -0.05) is 37.1 Å². The van der Waals surface area contributed by atoms with E-state index in [1.54, 1.807) is 0 Å². The number of hydrogen-bond acceptors (Lipinski definition) is 5. The third kappa shape index (κ3) is 4.67. The van der Waals surface area contributed by atoms with Gasteiger partial charge in [0.2, 0.25) is 5.91 Å². The van der Waals surface area contributed by atoms with Crippen LogP contribution < -0.4 is 10.2 Å². The second kappa shape index (κ2) is 10.1. The third-order valence-electron chi connectivity index (χ3n) is 7.77. The molecule has 180 valence electrons. The molecule has 0 radical (unpaired) electrons. The summed E-state index contributed by atoms with van der Waals surface area (Å²) in [6.45, 7) is 4.29. The molecule has 0 spiro atoms. The lowest BCUT2D eigenvalue weighted by molar-refractivity contribution is -0.125. The average molecular weight is 462 g/mol. The van der Waals surface area contributed by atoms with Gasteiger partial charge in [0, 0.05) is 56.1 Å². The minimum absolute atomic E-state index is 0.0188. The molecular weight excluding hydrogens is 426 g/mol. The highest BCUT2D eigenvalue weighted by Crippen LogP contribution is 2.40. The number of aromatic nitrogens is 1. The SMILES string of the molecule is CN1CCN(c2ncccc2CNC(=O)C2CC3CCCCC3N2C(=O)c2ccccc2)CC1. The molecule has 2 aromatic rings. The van der Waals surface area contributed by atoms with Crippen molar-refractivity contribution >= 4 is 17.6 Å². The molecule has 3 heterocycles. The number of likely N-dealkylation sites (tertiary alicyclic amines) is 1. The normalized spacial score (nSPS) is 25.1. The lowest BCUT2D eigenvalue weighted by Gasteiger charge is -2.34. The molecule has 1 N–H and O–H groups in total. The average Bonchev–Trinajstić information content (AvgIpc) is 3.28. The van der Waals surface area contributed by atoms with E-state index in [0.29, 0.717) is 18.0 Å². The van der Waals surface area contributed by atoms with Crippen molar-refractivity contribution in [2.45, 2.75) is 50.7 Å². The summed E-state index contributed by atoms with van der Waals surface area (Å²) in [5.41, 5.74) is 1.69. The first-order chi connectivity index (χ1) is 16.6. The van der Waals surface area contributed by atoms with Crippen LogP contribution in [0, 0.1) is 5.92 Å². The molecule has 5 rings (SSSR count). The first-order valence-electron chi connectivity index (χ1n) is 12.6.